The monoisotopic (exact) mass is 254 g/mol. The summed E-state index contributed by atoms with van der Waals surface area (Å²) < 4.78 is 2.82. The first-order valence-electron chi connectivity index (χ1n) is 6.51. The fourth-order valence-electron chi connectivity index (χ4n) is 2.64. The van der Waals surface area contributed by atoms with Gasteiger partial charge in [-0.3, -0.25) is 4.57 Å². The molecule has 4 nitrogen and oxygen atoms in total. The summed E-state index contributed by atoms with van der Waals surface area (Å²) in [4.78, 5) is 2.30. The number of rotatable bonds is 3. The van der Waals surface area contributed by atoms with Crippen LogP contribution in [0, 0.1) is 4.77 Å². The van der Waals surface area contributed by atoms with E-state index >= 15 is 0 Å². The van der Waals surface area contributed by atoms with Crippen molar-refractivity contribution < 1.29 is 0 Å². The molecule has 1 saturated carbocycles. The van der Waals surface area contributed by atoms with Gasteiger partial charge in [-0.15, -0.1) is 5.10 Å². The molecule has 1 aliphatic rings. The highest BCUT2D eigenvalue weighted by atomic mass is 32.1. The fraction of sp³-hybridized carbons (Fsp3) is 0.833. The molecule has 0 unspecified atom stereocenters. The van der Waals surface area contributed by atoms with Crippen LogP contribution in [0.15, 0.2) is 0 Å². The van der Waals surface area contributed by atoms with Gasteiger partial charge in [-0.05, 0) is 38.9 Å². The highest BCUT2D eigenvalue weighted by Crippen LogP contribution is 2.26. The van der Waals surface area contributed by atoms with Gasteiger partial charge >= 0.3 is 0 Å². The van der Waals surface area contributed by atoms with Gasteiger partial charge in [-0.1, -0.05) is 19.3 Å². The van der Waals surface area contributed by atoms with E-state index in [4.69, 9.17) is 12.2 Å². The third-order valence-corrected chi connectivity index (χ3v) is 3.93. The largest absolute Gasteiger partial charge is 0.341 e. The zero-order valence-corrected chi connectivity index (χ0v) is 11.8. The lowest BCUT2D eigenvalue weighted by Crippen LogP contribution is -2.35. The first kappa shape index (κ1) is 12.6. The molecule has 1 aromatic heterocycles. The quantitative estimate of drug-likeness (QED) is 0.841. The Balaban J connectivity index is 2.23. The summed E-state index contributed by atoms with van der Waals surface area (Å²) in [5, 5.41) is 7.30. The molecule has 0 saturated heterocycles. The van der Waals surface area contributed by atoms with E-state index in [1.165, 1.54) is 32.1 Å². The average Bonchev–Trinajstić information content (AvgIpc) is 2.71. The molecule has 1 heterocycles. The number of aromatic nitrogens is 3. The Bertz CT molecular complexity index is 414. The van der Waals surface area contributed by atoms with Crippen molar-refractivity contribution in [3.8, 4) is 0 Å². The van der Waals surface area contributed by atoms with Gasteiger partial charge in [0.2, 0.25) is 5.95 Å². The second-order valence-corrected chi connectivity index (χ2v) is 5.58. The van der Waals surface area contributed by atoms with Crippen LogP contribution in [0.4, 0.5) is 5.95 Å². The predicted molar refractivity (Wildman–Crippen MR) is 73.1 cm³/mol. The zero-order chi connectivity index (χ0) is 12.4. The van der Waals surface area contributed by atoms with Crippen LogP contribution in [0.1, 0.15) is 52.0 Å². The number of nitrogens with zero attached hydrogens (tertiary/aromatic N) is 3. The second kappa shape index (κ2) is 5.21. The molecule has 1 N–H and O–H groups in total. The Labute approximate surface area is 108 Å². The normalized spacial score (nSPS) is 17.6. The average molecular weight is 254 g/mol. The molecule has 1 aromatic rings. The van der Waals surface area contributed by atoms with E-state index in [-0.39, 0.29) is 0 Å². The van der Waals surface area contributed by atoms with E-state index in [1.54, 1.807) is 0 Å². The summed E-state index contributed by atoms with van der Waals surface area (Å²) in [6.45, 7) is 4.28. The molecule has 0 bridgehead atoms. The van der Waals surface area contributed by atoms with Crippen molar-refractivity contribution in [3.05, 3.63) is 4.77 Å². The minimum Gasteiger partial charge on any atom is -0.341 e. The fourth-order valence-corrected chi connectivity index (χ4v) is 2.98. The molecule has 0 aliphatic heterocycles. The van der Waals surface area contributed by atoms with Crippen molar-refractivity contribution in [2.24, 2.45) is 0 Å². The van der Waals surface area contributed by atoms with Gasteiger partial charge in [0, 0.05) is 19.1 Å². The van der Waals surface area contributed by atoms with Gasteiger partial charge in [0.05, 0.1) is 0 Å². The van der Waals surface area contributed by atoms with E-state index in [0.717, 1.165) is 10.7 Å². The Kier molecular flexibility index (Phi) is 3.86. The molecule has 0 aromatic carbocycles. The molecule has 0 amide bonds. The number of hydrogen-bond acceptors (Lipinski definition) is 3. The standard InChI is InChI=1S/C12H22N4S/c1-9(2)16-11(13-14-12(16)17)15(3)10-7-5-4-6-8-10/h9-10H,4-8H2,1-3H3,(H,14,17). The van der Waals surface area contributed by atoms with Crippen molar-refractivity contribution in [1.82, 2.24) is 14.8 Å². The first-order chi connectivity index (χ1) is 8.11. The number of anilines is 1. The van der Waals surface area contributed by atoms with Gasteiger partial charge in [-0.2, -0.15) is 0 Å². The summed E-state index contributed by atoms with van der Waals surface area (Å²) in [6, 6.07) is 0.966. The lowest BCUT2D eigenvalue weighted by molar-refractivity contribution is 0.418. The number of nitrogens with one attached hydrogen (secondary N) is 1. The molecule has 1 fully saturated rings. The van der Waals surface area contributed by atoms with Gasteiger partial charge in [-0.25, -0.2) is 5.10 Å². The highest BCUT2D eigenvalue weighted by Gasteiger charge is 2.22. The Morgan fingerprint density at radius 3 is 2.59 bits per heavy atom. The maximum atomic E-state index is 5.29. The minimum atomic E-state index is 0.349. The third kappa shape index (κ3) is 2.54. The molecule has 0 atom stereocenters. The molecule has 2 rings (SSSR count). The predicted octanol–water partition coefficient (Wildman–Crippen LogP) is 3.29. The Morgan fingerprint density at radius 2 is 2.00 bits per heavy atom. The van der Waals surface area contributed by atoms with E-state index in [0.29, 0.717) is 12.1 Å². The van der Waals surface area contributed by atoms with Crippen molar-refractivity contribution in [1.29, 1.82) is 0 Å². The van der Waals surface area contributed by atoms with Gasteiger partial charge < -0.3 is 4.90 Å². The van der Waals surface area contributed by atoms with E-state index in [1.807, 2.05) is 0 Å². The van der Waals surface area contributed by atoms with Crippen LogP contribution in [-0.4, -0.2) is 27.9 Å². The van der Waals surface area contributed by atoms with Crippen LogP contribution < -0.4 is 4.90 Å². The summed E-state index contributed by atoms with van der Waals surface area (Å²) in [6.07, 6.45) is 6.59. The minimum absolute atomic E-state index is 0.349. The van der Waals surface area contributed by atoms with Crippen molar-refractivity contribution in [3.63, 3.8) is 0 Å². The first-order valence-corrected chi connectivity index (χ1v) is 6.92. The molecule has 96 valence electrons. The number of aromatic amines is 1. The molecular formula is C12H22N4S. The van der Waals surface area contributed by atoms with Gasteiger partial charge in [0.1, 0.15) is 0 Å². The van der Waals surface area contributed by atoms with Crippen LogP contribution in [0.25, 0.3) is 0 Å². The Morgan fingerprint density at radius 1 is 1.35 bits per heavy atom. The van der Waals surface area contributed by atoms with Crippen molar-refractivity contribution in [2.75, 3.05) is 11.9 Å². The zero-order valence-electron chi connectivity index (χ0n) is 10.9. The maximum Gasteiger partial charge on any atom is 0.225 e. The third-order valence-electron chi connectivity index (χ3n) is 3.64. The van der Waals surface area contributed by atoms with Crippen molar-refractivity contribution >= 4 is 18.2 Å². The van der Waals surface area contributed by atoms with Crippen LogP contribution >= 0.6 is 12.2 Å². The Hall–Kier alpha value is -0.840. The topological polar surface area (TPSA) is 36.9 Å². The molecule has 17 heavy (non-hydrogen) atoms. The highest BCUT2D eigenvalue weighted by molar-refractivity contribution is 7.71. The van der Waals surface area contributed by atoms with E-state index in [9.17, 15) is 0 Å². The lowest BCUT2D eigenvalue weighted by atomic mass is 9.95. The summed E-state index contributed by atoms with van der Waals surface area (Å²) in [5.41, 5.74) is 0. The maximum absolute atomic E-state index is 5.29. The number of H-pyrrole nitrogens is 1. The van der Waals surface area contributed by atoms with Crippen LogP contribution in [-0.2, 0) is 0 Å². The van der Waals surface area contributed by atoms with Gasteiger partial charge in [0.25, 0.3) is 0 Å². The van der Waals surface area contributed by atoms with Crippen LogP contribution in [0.5, 0.6) is 0 Å². The SMILES string of the molecule is CC(C)n1c(N(C)C2CCCCC2)n[nH]c1=S. The summed E-state index contributed by atoms with van der Waals surface area (Å²) in [7, 11) is 2.14. The van der Waals surface area contributed by atoms with E-state index < -0.39 is 0 Å². The molecule has 0 spiro atoms. The van der Waals surface area contributed by atoms with Gasteiger partial charge in [0.15, 0.2) is 4.77 Å². The summed E-state index contributed by atoms with van der Waals surface area (Å²) in [5.74, 6) is 0.983. The number of hydrogen-bond donors (Lipinski definition) is 1. The summed E-state index contributed by atoms with van der Waals surface area (Å²) >= 11 is 5.29. The smallest absolute Gasteiger partial charge is 0.225 e. The molecular weight excluding hydrogens is 232 g/mol. The van der Waals surface area contributed by atoms with E-state index in [2.05, 4.69) is 40.6 Å². The van der Waals surface area contributed by atoms with Crippen LogP contribution in [0.2, 0.25) is 0 Å². The second-order valence-electron chi connectivity index (χ2n) is 5.20. The molecule has 5 heteroatoms. The lowest BCUT2D eigenvalue weighted by Gasteiger charge is -2.32. The molecule has 0 radical (unpaired) electrons. The molecule has 1 aliphatic carbocycles. The van der Waals surface area contributed by atoms with Crippen LogP contribution in [0.3, 0.4) is 0 Å². The van der Waals surface area contributed by atoms with Crippen molar-refractivity contribution in [2.45, 2.75) is 58.0 Å².